The Hall–Kier alpha value is -3.30. The minimum atomic E-state index is -0.943. The maximum atomic E-state index is 12.8. The number of hydrogen-bond donors (Lipinski definition) is 1. The average Bonchev–Trinajstić information content (AvgIpc) is 3.14. The van der Waals surface area contributed by atoms with Crippen LogP contribution >= 0.6 is 0 Å². The minimum absolute atomic E-state index is 0.0400. The van der Waals surface area contributed by atoms with Crippen LogP contribution in [0.15, 0.2) is 30.9 Å². The first-order chi connectivity index (χ1) is 12.4. The van der Waals surface area contributed by atoms with Gasteiger partial charge in [-0.25, -0.2) is 9.67 Å². The van der Waals surface area contributed by atoms with Gasteiger partial charge in [0.25, 0.3) is 11.6 Å². The number of amides is 1. The van der Waals surface area contributed by atoms with Crippen LogP contribution in [-0.2, 0) is 4.79 Å². The van der Waals surface area contributed by atoms with Gasteiger partial charge in [0, 0.05) is 24.7 Å². The number of nitro benzene ring substituents is 1. The van der Waals surface area contributed by atoms with E-state index in [1.54, 1.807) is 0 Å². The third-order valence-electron chi connectivity index (χ3n) is 4.38. The lowest BCUT2D eigenvalue weighted by molar-refractivity contribution is -0.384. The molecule has 0 spiro atoms. The Bertz CT molecular complexity index is 851. The number of piperidine rings is 1. The number of nitrogens with zero attached hydrogens (tertiary/aromatic N) is 5. The van der Waals surface area contributed by atoms with Crippen LogP contribution in [0.1, 0.15) is 23.7 Å². The quantitative estimate of drug-likeness (QED) is 0.644. The largest absolute Gasteiger partial charge is 0.481 e. The maximum absolute atomic E-state index is 12.8. The molecule has 1 aliphatic rings. The molecule has 1 fully saturated rings. The van der Waals surface area contributed by atoms with Crippen molar-refractivity contribution in [3.8, 4) is 5.69 Å². The Morgan fingerprint density at radius 1 is 1.35 bits per heavy atom. The Morgan fingerprint density at radius 2 is 2.12 bits per heavy atom. The smallest absolute Gasteiger partial charge is 0.308 e. The van der Waals surface area contributed by atoms with Crippen LogP contribution in [0.5, 0.6) is 0 Å². The predicted molar refractivity (Wildman–Crippen MR) is 88.8 cm³/mol. The third-order valence-corrected chi connectivity index (χ3v) is 4.38. The number of likely N-dealkylation sites (tertiary alicyclic amines) is 1. The maximum Gasteiger partial charge on any atom is 0.308 e. The molecule has 1 aliphatic heterocycles. The summed E-state index contributed by atoms with van der Waals surface area (Å²) in [6, 6.07) is 4.10. The van der Waals surface area contributed by atoms with Crippen LogP contribution in [0.25, 0.3) is 5.69 Å². The van der Waals surface area contributed by atoms with Gasteiger partial charge in [-0.15, -0.1) is 0 Å². The molecule has 3 rings (SSSR count). The van der Waals surface area contributed by atoms with Gasteiger partial charge < -0.3 is 10.0 Å². The lowest BCUT2D eigenvalue weighted by Gasteiger charge is -2.34. The molecule has 0 saturated carbocycles. The molecule has 1 aromatic heterocycles. The molecule has 1 N–H and O–H groups in total. The van der Waals surface area contributed by atoms with Gasteiger partial charge in [0.15, 0.2) is 0 Å². The Morgan fingerprint density at radius 3 is 2.73 bits per heavy atom. The van der Waals surface area contributed by atoms with Crippen LogP contribution in [0.2, 0.25) is 0 Å². The van der Waals surface area contributed by atoms with Crippen molar-refractivity contribution in [2.75, 3.05) is 13.1 Å². The molecule has 1 amide bonds. The first kappa shape index (κ1) is 17.5. The number of benzene rings is 1. The van der Waals surface area contributed by atoms with Crippen LogP contribution < -0.4 is 0 Å². The zero-order valence-electron chi connectivity index (χ0n) is 14.0. The summed E-state index contributed by atoms with van der Waals surface area (Å²) in [7, 11) is 0. The molecular weight excluding hydrogens is 342 g/mol. The van der Waals surface area contributed by atoms with E-state index in [1.807, 2.05) is 6.92 Å². The van der Waals surface area contributed by atoms with Gasteiger partial charge >= 0.3 is 5.97 Å². The van der Waals surface area contributed by atoms with Gasteiger partial charge in [-0.1, -0.05) is 6.92 Å². The first-order valence-electron chi connectivity index (χ1n) is 8.02. The number of aromatic nitrogens is 3. The van der Waals surface area contributed by atoms with E-state index in [4.69, 9.17) is 0 Å². The summed E-state index contributed by atoms with van der Waals surface area (Å²) in [6.45, 7) is 2.39. The topological polar surface area (TPSA) is 131 Å². The molecule has 2 heterocycles. The summed E-state index contributed by atoms with van der Waals surface area (Å²) in [5, 5.41) is 24.5. The highest BCUT2D eigenvalue weighted by atomic mass is 16.6. The molecule has 2 unspecified atom stereocenters. The summed E-state index contributed by atoms with van der Waals surface area (Å²) >= 11 is 0. The highest BCUT2D eigenvalue weighted by Crippen LogP contribution is 2.27. The molecule has 1 aromatic carbocycles. The molecule has 0 bridgehead atoms. The van der Waals surface area contributed by atoms with Crippen molar-refractivity contribution in [3.63, 3.8) is 0 Å². The van der Waals surface area contributed by atoms with Gasteiger partial charge in [-0.05, 0) is 24.5 Å². The lowest BCUT2D eigenvalue weighted by atomic mass is 9.90. The third kappa shape index (κ3) is 3.39. The fourth-order valence-corrected chi connectivity index (χ4v) is 3.21. The second kappa shape index (κ2) is 6.90. The van der Waals surface area contributed by atoms with Crippen molar-refractivity contribution in [2.24, 2.45) is 11.8 Å². The van der Waals surface area contributed by atoms with E-state index in [9.17, 15) is 24.8 Å². The average molecular weight is 359 g/mol. The Kier molecular flexibility index (Phi) is 4.65. The van der Waals surface area contributed by atoms with Gasteiger partial charge in [0.1, 0.15) is 18.3 Å². The molecule has 26 heavy (non-hydrogen) atoms. The fourth-order valence-electron chi connectivity index (χ4n) is 3.21. The summed E-state index contributed by atoms with van der Waals surface area (Å²) in [5.41, 5.74) is 0.0551. The molecule has 10 heteroatoms. The highest BCUT2D eigenvalue weighted by Gasteiger charge is 2.33. The van der Waals surface area contributed by atoms with E-state index >= 15 is 0 Å². The number of carboxylic acids is 1. The van der Waals surface area contributed by atoms with Crippen LogP contribution in [-0.4, -0.2) is 54.7 Å². The molecule has 1 saturated heterocycles. The molecule has 2 atom stereocenters. The summed E-state index contributed by atoms with van der Waals surface area (Å²) in [5.74, 6) is -1.96. The Balaban J connectivity index is 1.91. The fraction of sp³-hybridized carbons (Fsp3) is 0.375. The van der Waals surface area contributed by atoms with Gasteiger partial charge in [0.05, 0.1) is 10.8 Å². The summed E-state index contributed by atoms with van der Waals surface area (Å²) in [6.07, 6.45) is 3.09. The minimum Gasteiger partial charge on any atom is -0.481 e. The van der Waals surface area contributed by atoms with Crippen LogP contribution in [0.4, 0.5) is 5.69 Å². The van der Waals surface area contributed by atoms with E-state index in [0.29, 0.717) is 13.0 Å². The second-order valence-corrected chi connectivity index (χ2v) is 6.39. The van der Waals surface area contributed by atoms with Crippen molar-refractivity contribution >= 4 is 17.6 Å². The Labute approximate surface area is 148 Å². The van der Waals surface area contributed by atoms with E-state index in [0.717, 1.165) is 0 Å². The highest BCUT2D eigenvalue weighted by molar-refractivity contribution is 5.95. The monoisotopic (exact) mass is 359 g/mol. The SMILES string of the molecule is CC1CC(C(=O)O)CN(C(=O)c2ccc(-n3cncn3)c([N+](=O)[O-])c2)C1. The molecule has 2 aromatic rings. The molecule has 0 radical (unpaired) electrons. The zero-order valence-corrected chi connectivity index (χ0v) is 14.0. The molecular formula is C16H17N5O5. The van der Waals surface area contributed by atoms with Gasteiger partial charge in [-0.2, -0.15) is 5.10 Å². The summed E-state index contributed by atoms with van der Waals surface area (Å²) in [4.78, 5) is 40.1. The van der Waals surface area contributed by atoms with Crippen LogP contribution in [0.3, 0.4) is 0 Å². The van der Waals surface area contributed by atoms with Gasteiger partial charge in [0.2, 0.25) is 0 Å². The molecule has 10 nitrogen and oxygen atoms in total. The standard InChI is InChI=1S/C16H17N5O5/c1-10-4-12(16(23)24)7-19(6-10)15(22)11-2-3-13(14(5-11)21(25)26)20-9-17-8-18-20/h2-3,5,8-10,12H,4,6-7H2,1H3,(H,23,24). The van der Waals surface area contributed by atoms with Crippen molar-refractivity contribution in [1.29, 1.82) is 0 Å². The number of carbonyl (C=O) groups is 2. The molecule has 136 valence electrons. The number of nitro groups is 1. The predicted octanol–water partition coefficient (Wildman–Crippen LogP) is 1.36. The lowest BCUT2D eigenvalue weighted by Crippen LogP contribution is -2.45. The number of aliphatic carboxylic acids is 1. The zero-order chi connectivity index (χ0) is 18.8. The normalized spacial score (nSPS) is 20.0. The van der Waals surface area contributed by atoms with Crippen molar-refractivity contribution in [1.82, 2.24) is 19.7 Å². The van der Waals surface area contributed by atoms with E-state index in [1.165, 1.54) is 40.4 Å². The number of rotatable bonds is 4. The van der Waals surface area contributed by atoms with Crippen molar-refractivity contribution in [3.05, 3.63) is 46.5 Å². The number of hydrogen-bond acceptors (Lipinski definition) is 6. The van der Waals surface area contributed by atoms with E-state index in [2.05, 4.69) is 10.1 Å². The van der Waals surface area contributed by atoms with Crippen molar-refractivity contribution in [2.45, 2.75) is 13.3 Å². The van der Waals surface area contributed by atoms with E-state index < -0.39 is 22.7 Å². The van der Waals surface area contributed by atoms with E-state index in [-0.39, 0.29) is 29.4 Å². The number of carboxylic acid groups (broad SMARTS) is 1. The second-order valence-electron chi connectivity index (χ2n) is 6.39. The molecule has 0 aliphatic carbocycles. The first-order valence-corrected chi connectivity index (χ1v) is 8.02. The van der Waals surface area contributed by atoms with Crippen LogP contribution in [0, 0.1) is 22.0 Å². The summed E-state index contributed by atoms with van der Waals surface area (Å²) < 4.78 is 1.25. The number of carbonyl (C=O) groups excluding carboxylic acids is 1. The van der Waals surface area contributed by atoms with Crippen molar-refractivity contribution < 1.29 is 19.6 Å². The van der Waals surface area contributed by atoms with Gasteiger partial charge in [-0.3, -0.25) is 19.7 Å².